The highest BCUT2D eigenvalue weighted by Gasteiger charge is 2.21. The Balaban J connectivity index is 1.97. The molecule has 168 valence electrons. The van der Waals surface area contributed by atoms with Gasteiger partial charge >= 0.3 is 6.03 Å². The number of rotatable bonds is 8. The average Bonchev–Trinajstić information content (AvgIpc) is 2.77. The van der Waals surface area contributed by atoms with Gasteiger partial charge < -0.3 is 20.1 Å². The van der Waals surface area contributed by atoms with Crippen molar-refractivity contribution in [1.29, 1.82) is 0 Å². The van der Waals surface area contributed by atoms with E-state index in [-0.39, 0.29) is 6.04 Å². The fourth-order valence-corrected chi connectivity index (χ4v) is 3.24. The highest BCUT2D eigenvalue weighted by atomic mass is 35.5. The number of amides is 2. The summed E-state index contributed by atoms with van der Waals surface area (Å²) in [7, 11) is 3.19. The summed E-state index contributed by atoms with van der Waals surface area (Å²) >= 11 is 12.3. The van der Waals surface area contributed by atoms with Gasteiger partial charge in [0.25, 0.3) is 0 Å². The van der Waals surface area contributed by atoms with E-state index >= 15 is 0 Å². The quantitative estimate of drug-likeness (QED) is 0.440. The number of benzene rings is 2. The van der Waals surface area contributed by atoms with E-state index in [4.69, 9.17) is 32.7 Å². The zero-order valence-electron chi connectivity index (χ0n) is 17.8. The van der Waals surface area contributed by atoms with Gasteiger partial charge in [0.05, 0.1) is 30.1 Å². The second-order valence-electron chi connectivity index (χ2n) is 6.83. The Morgan fingerprint density at radius 2 is 1.88 bits per heavy atom. The number of methoxy groups -OCH3 is 2. The molecular formula is C22H23Cl2N5O3. The molecule has 32 heavy (non-hydrogen) atoms. The molecule has 8 nitrogen and oxygen atoms in total. The van der Waals surface area contributed by atoms with Crippen molar-refractivity contribution in [2.24, 2.45) is 0 Å². The predicted octanol–water partition coefficient (Wildman–Crippen LogP) is 5.61. The van der Waals surface area contributed by atoms with Crippen LogP contribution in [0, 0.1) is 0 Å². The Morgan fingerprint density at radius 1 is 1.12 bits per heavy atom. The molecule has 2 N–H and O–H groups in total. The summed E-state index contributed by atoms with van der Waals surface area (Å²) in [6.45, 7) is 2.41. The highest BCUT2D eigenvalue weighted by Crippen LogP contribution is 2.30. The van der Waals surface area contributed by atoms with Gasteiger partial charge in [-0.25, -0.2) is 14.7 Å². The largest absolute Gasteiger partial charge is 0.497 e. The number of anilines is 4. The second-order valence-corrected chi connectivity index (χ2v) is 7.67. The summed E-state index contributed by atoms with van der Waals surface area (Å²) in [4.78, 5) is 23.5. The van der Waals surface area contributed by atoms with E-state index in [0.717, 1.165) is 0 Å². The van der Waals surface area contributed by atoms with Crippen LogP contribution in [0.4, 0.5) is 27.9 Å². The van der Waals surface area contributed by atoms with Crippen LogP contribution < -0.4 is 20.3 Å². The number of urea groups is 1. The fraction of sp³-hybridized carbons (Fsp3) is 0.227. The monoisotopic (exact) mass is 475 g/mol. The van der Waals surface area contributed by atoms with Crippen LogP contribution in [0.25, 0.3) is 0 Å². The van der Waals surface area contributed by atoms with Gasteiger partial charge in [-0.2, -0.15) is 4.98 Å². The summed E-state index contributed by atoms with van der Waals surface area (Å²) < 4.78 is 10.4. The van der Waals surface area contributed by atoms with Crippen LogP contribution in [0.1, 0.15) is 6.92 Å². The molecule has 0 aliphatic rings. The molecule has 0 radical (unpaired) electrons. The molecule has 3 rings (SSSR count). The number of ether oxygens (including phenoxy) is 2. The zero-order chi connectivity index (χ0) is 23.1. The molecule has 0 saturated heterocycles. The topological polar surface area (TPSA) is 88.6 Å². The number of nitrogens with zero attached hydrogens (tertiary/aromatic N) is 3. The first kappa shape index (κ1) is 23.6. The number of carbonyl (C=O) groups is 1. The molecule has 3 aromatic rings. The minimum absolute atomic E-state index is 0.0243. The number of hydrogen-bond acceptors (Lipinski definition) is 6. The smallest absolute Gasteiger partial charge is 0.332 e. The van der Waals surface area contributed by atoms with Crippen molar-refractivity contribution in [3.63, 3.8) is 0 Å². The van der Waals surface area contributed by atoms with Gasteiger partial charge in [-0.1, -0.05) is 23.2 Å². The van der Waals surface area contributed by atoms with Gasteiger partial charge in [0, 0.05) is 30.4 Å². The molecular weight excluding hydrogens is 453 g/mol. The molecule has 0 bridgehead atoms. The summed E-state index contributed by atoms with van der Waals surface area (Å²) in [5.41, 5.74) is 0.944. The van der Waals surface area contributed by atoms with Crippen LogP contribution in [-0.2, 0) is 4.74 Å². The Hall–Kier alpha value is -3.07. The first-order valence-electron chi connectivity index (χ1n) is 9.70. The van der Waals surface area contributed by atoms with Gasteiger partial charge in [-0.15, -0.1) is 0 Å². The minimum Gasteiger partial charge on any atom is -0.497 e. The molecule has 0 aliphatic carbocycles. The lowest BCUT2D eigenvalue weighted by molar-refractivity contribution is 0.190. The van der Waals surface area contributed by atoms with Gasteiger partial charge in [-0.05, 0) is 49.4 Å². The molecule has 0 spiro atoms. The highest BCUT2D eigenvalue weighted by molar-refractivity contribution is 6.35. The predicted molar refractivity (Wildman–Crippen MR) is 128 cm³/mol. The third kappa shape index (κ3) is 6.00. The van der Waals surface area contributed by atoms with Crippen molar-refractivity contribution in [2.45, 2.75) is 13.0 Å². The van der Waals surface area contributed by atoms with Gasteiger partial charge in [0.1, 0.15) is 11.6 Å². The Kier molecular flexibility index (Phi) is 8.10. The lowest BCUT2D eigenvalue weighted by Crippen LogP contribution is -2.32. The van der Waals surface area contributed by atoms with Gasteiger partial charge in [0.2, 0.25) is 5.95 Å². The number of nitrogens with one attached hydrogen (secondary N) is 2. The minimum atomic E-state index is -0.478. The normalized spacial score (nSPS) is 11.5. The summed E-state index contributed by atoms with van der Waals surface area (Å²) in [6.07, 6.45) is 1.57. The molecule has 2 amide bonds. The van der Waals surface area contributed by atoms with E-state index in [1.165, 1.54) is 4.90 Å². The standard InChI is InChI=1S/C22H23Cl2N5O3/c1-14(13-31-2)26-21-25-11-10-20(28-21)29(16-5-7-17(32-3)8-6-16)22(30)27-19-12-15(23)4-9-18(19)24/h4-12,14H,13H2,1-3H3,(H,27,30)(H,25,26,28). The first-order valence-corrected chi connectivity index (χ1v) is 10.5. The molecule has 1 unspecified atom stereocenters. The maximum Gasteiger partial charge on any atom is 0.332 e. The van der Waals surface area contributed by atoms with Crippen LogP contribution in [0.15, 0.2) is 54.7 Å². The average molecular weight is 476 g/mol. The fourth-order valence-electron chi connectivity index (χ4n) is 2.90. The Labute approximate surface area is 196 Å². The molecule has 1 heterocycles. The number of aromatic nitrogens is 2. The van der Waals surface area contributed by atoms with Gasteiger partial charge in [-0.3, -0.25) is 0 Å². The lowest BCUT2D eigenvalue weighted by atomic mass is 10.2. The summed E-state index contributed by atoms with van der Waals surface area (Å²) in [6, 6.07) is 13.0. The lowest BCUT2D eigenvalue weighted by Gasteiger charge is -2.23. The number of carbonyl (C=O) groups excluding carboxylic acids is 1. The molecule has 0 saturated carbocycles. The Morgan fingerprint density at radius 3 is 2.56 bits per heavy atom. The Bertz CT molecular complexity index is 1070. The maximum atomic E-state index is 13.3. The molecule has 1 atom stereocenters. The van der Waals surface area contributed by atoms with Crippen LogP contribution in [0.3, 0.4) is 0 Å². The van der Waals surface area contributed by atoms with E-state index in [9.17, 15) is 4.79 Å². The second kappa shape index (κ2) is 11.0. The third-order valence-corrected chi connectivity index (χ3v) is 4.93. The van der Waals surface area contributed by atoms with Crippen molar-refractivity contribution < 1.29 is 14.3 Å². The van der Waals surface area contributed by atoms with Crippen molar-refractivity contribution in [3.8, 4) is 5.75 Å². The zero-order valence-corrected chi connectivity index (χ0v) is 19.3. The van der Waals surface area contributed by atoms with Crippen LogP contribution >= 0.6 is 23.2 Å². The molecule has 2 aromatic carbocycles. The summed E-state index contributed by atoms with van der Waals surface area (Å²) in [5, 5.41) is 6.75. The van der Waals surface area contributed by atoms with E-state index < -0.39 is 6.03 Å². The van der Waals surface area contributed by atoms with Crippen molar-refractivity contribution in [1.82, 2.24) is 9.97 Å². The first-order chi connectivity index (χ1) is 15.4. The number of hydrogen-bond donors (Lipinski definition) is 2. The van der Waals surface area contributed by atoms with E-state index in [2.05, 4.69) is 20.6 Å². The van der Waals surface area contributed by atoms with Gasteiger partial charge in [0.15, 0.2) is 0 Å². The van der Waals surface area contributed by atoms with Crippen LogP contribution in [0.5, 0.6) is 5.75 Å². The van der Waals surface area contributed by atoms with Crippen molar-refractivity contribution in [2.75, 3.05) is 36.4 Å². The third-order valence-electron chi connectivity index (χ3n) is 4.37. The van der Waals surface area contributed by atoms with Crippen molar-refractivity contribution in [3.05, 3.63) is 64.8 Å². The van der Waals surface area contributed by atoms with E-state index in [1.807, 2.05) is 6.92 Å². The van der Waals surface area contributed by atoms with Crippen LogP contribution in [-0.4, -0.2) is 42.9 Å². The molecule has 0 aliphatic heterocycles. The van der Waals surface area contributed by atoms with Crippen LogP contribution in [0.2, 0.25) is 10.0 Å². The molecule has 0 fully saturated rings. The van der Waals surface area contributed by atoms with E-state index in [1.54, 1.807) is 68.9 Å². The van der Waals surface area contributed by atoms with E-state index in [0.29, 0.717) is 45.5 Å². The maximum absolute atomic E-state index is 13.3. The van der Waals surface area contributed by atoms with Crippen molar-refractivity contribution >= 4 is 52.4 Å². The SMILES string of the molecule is COCC(C)Nc1nccc(N(C(=O)Nc2cc(Cl)ccc2Cl)c2ccc(OC)cc2)n1. The summed E-state index contributed by atoms with van der Waals surface area (Å²) in [5.74, 6) is 1.37. The number of halogens is 2. The molecule has 1 aromatic heterocycles. The molecule has 10 heteroatoms.